The monoisotopic (exact) mass is 672 g/mol. The smallest absolute Gasteiger partial charge is 0.111 e. The van der Waals surface area contributed by atoms with Gasteiger partial charge in [-0.3, -0.25) is 4.57 Å². The zero-order valence-corrected chi connectivity index (χ0v) is 29.1. The summed E-state index contributed by atoms with van der Waals surface area (Å²) in [6.07, 6.45) is 0. The third-order valence-electron chi connectivity index (χ3n) is 12.1. The topological polar surface area (TPSA) is 17.8 Å². The van der Waals surface area contributed by atoms with Gasteiger partial charge in [0.1, 0.15) is 5.82 Å². The van der Waals surface area contributed by atoms with E-state index in [0.29, 0.717) is 0 Å². The molecule has 2 nitrogen and oxygen atoms in total. The molecule has 1 aromatic heterocycles. The van der Waals surface area contributed by atoms with Crippen LogP contribution in [0.1, 0.15) is 28.1 Å². The molecule has 0 unspecified atom stereocenters. The van der Waals surface area contributed by atoms with Crippen molar-refractivity contribution in [1.82, 2.24) is 9.55 Å². The second-order valence-corrected chi connectivity index (χ2v) is 14.6. The number of fused-ring (bicyclic) bond motifs is 18. The van der Waals surface area contributed by atoms with Crippen LogP contribution in [0.3, 0.4) is 0 Å². The lowest BCUT2D eigenvalue weighted by Gasteiger charge is -2.32. The summed E-state index contributed by atoms with van der Waals surface area (Å²) in [4.78, 5) is 4.80. The predicted octanol–water partition coefficient (Wildman–Crippen LogP) is 12.8. The molecule has 53 heavy (non-hydrogen) atoms. The molecule has 2 aliphatic carbocycles. The molecule has 246 valence electrons. The lowest BCUT2D eigenvalue weighted by Crippen LogP contribution is -2.26. The van der Waals surface area contributed by atoms with Gasteiger partial charge in [0.25, 0.3) is 0 Å². The van der Waals surface area contributed by atoms with Crippen molar-refractivity contribution in [2.24, 2.45) is 0 Å². The molecule has 0 bridgehead atoms. The Balaban J connectivity index is 1.13. The highest BCUT2D eigenvalue weighted by Gasteiger charge is 2.53. The van der Waals surface area contributed by atoms with Gasteiger partial charge in [-0.15, -0.1) is 0 Å². The van der Waals surface area contributed by atoms with E-state index in [0.717, 1.165) is 22.5 Å². The number of imidazole rings is 1. The second kappa shape index (κ2) is 10.4. The standard InChI is InChI=1S/C51H32N2/c1-31-52-46-20-10-11-21-47(46)53(31)35-26-22-32(23-27-35)33-24-28-36-34(30-33)25-29-43-48-41-16-4-2-12-37(41)38-13-3-5-17-42(38)50(48)51(49(36)43)44-18-8-6-14-39(44)40-15-7-9-19-45(40)51/h2-30H,1H3. The normalized spacial score (nSPS) is 13.5. The van der Waals surface area contributed by atoms with Crippen LogP contribution in [0.15, 0.2) is 176 Å². The van der Waals surface area contributed by atoms with Crippen LogP contribution in [-0.4, -0.2) is 9.55 Å². The third kappa shape index (κ3) is 3.65. The van der Waals surface area contributed by atoms with E-state index in [1.165, 1.54) is 88.0 Å². The number of nitrogens with zero attached hydrogens (tertiary/aromatic N) is 2. The zero-order valence-electron chi connectivity index (χ0n) is 29.1. The van der Waals surface area contributed by atoms with E-state index in [1.54, 1.807) is 0 Å². The molecule has 0 radical (unpaired) electrons. The van der Waals surface area contributed by atoms with Gasteiger partial charge in [-0.1, -0.05) is 146 Å². The van der Waals surface area contributed by atoms with Gasteiger partial charge in [0, 0.05) is 5.69 Å². The minimum Gasteiger partial charge on any atom is -0.297 e. The number of aromatic nitrogens is 2. The molecule has 2 heteroatoms. The fraction of sp³-hybridized carbons (Fsp3) is 0.0392. The van der Waals surface area contributed by atoms with Crippen molar-refractivity contribution in [2.45, 2.75) is 12.3 Å². The molecule has 1 heterocycles. The largest absolute Gasteiger partial charge is 0.297 e. The minimum absolute atomic E-state index is 0.463. The lowest BCUT2D eigenvalue weighted by molar-refractivity contribution is 0.809. The van der Waals surface area contributed by atoms with Gasteiger partial charge in [-0.25, -0.2) is 4.98 Å². The molecule has 0 aliphatic heterocycles. The summed E-state index contributed by atoms with van der Waals surface area (Å²) in [5.74, 6) is 0.990. The first-order valence-corrected chi connectivity index (χ1v) is 18.5. The van der Waals surface area contributed by atoms with Crippen molar-refractivity contribution in [3.8, 4) is 39.1 Å². The zero-order chi connectivity index (χ0) is 34.8. The Hall–Kier alpha value is -6.77. The molecule has 0 N–H and O–H groups in total. The summed E-state index contributed by atoms with van der Waals surface area (Å²) in [7, 11) is 0. The highest BCUT2D eigenvalue weighted by atomic mass is 15.1. The van der Waals surface area contributed by atoms with E-state index in [2.05, 4.69) is 181 Å². The average molecular weight is 673 g/mol. The summed E-state index contributed by atoms with van der Waals surface area (Å²) >= 11 is 0. The van der Waals surface area contributed by atoms with E-state index in [-0.39, 0.29) is 0 Å². The van der Waals surface area contributed by atoms with Gasteiger partial charge < -0.3 is 0 Å². The van der Waals surface area contributed by atoms with Gasteiger partial charge in [-0.05, 0) is 125 Å². The van der Waals surface area contributed by atoms with E-state index < -0.39 is 5.41 Å². The number of para-hydroxylation sites is 2. The fourth-order valence-corrected chi connectivity index (χ4v) is 10.1. The first-order chi connectivity index (χ1) is 26.2. The molecule has 0 saturated carbocycles. The molecule has 9 aromatic carbocycles. The second-order valence-electron chi connectivity index (χ2n) is 14.6. The fourth-order valence-electron chi connectivity index (χ4n) is 10.1. The molecule has 0 amide bonds. The highest BCUT2D eigenvalue weighted by molar-refractivity contribution is 6.21. The maximum absolute atomic E-state index is 4.80. The number of hydrogen-bond donors (Lipinski definition) is 0. The molecule has 12 rings (SSSR count). The number of aryl methyl sites for hydroxylation is 1. The Morgan fingerprint density at radius 2 is 1.06 bits per heavy atom. The van der Waals surface area contributed by atoms with Crippen LogP contribution in [-0.2, 0) is 5.41 Å². The maximum Gasteiger partial charge on any atom is 0.111 e. The Bertz CT molecular complexity index is 3130. The Morgan fingerprint density at radius 1 is 0.453 bits per heavy atom. The third-order valence-corrected chi connectivity index (χ3v) is 12.1. The Morgan fingerprint density at radius 3 is 1.81 bits per heavy atom. The number of benzene rings is 9. The van der Waals surface area contributed by atoms with Crippen LogP contribution in [0, 0.1) is 6.92 Å². The Labute approximate surface area is 307 Å². The van der Waals surface area contributed by atoms with E-state index in [4.69, 9.17) is 4.98 Å². The van der Waals surface area contributed by atoms with Crippen molar-refractivity contribution in [1.29, 1.82) is 0 Å². The first kappa shape index (κ1) is 28.9. The van der Waals surface area contributed by atoms with Crippen molar-refractivity contribution in [2.75, 3.05) is 0 Å². The van der Waals surface area contributed by atoms with Crippen LogP contribution in [0.25, 0.3) is 82.4 Å². The van der Waals surface area contributed by atoms with Crippen molar-refractivity contribution < 1.29 is 0 Å². The van der Waals surface area contributed by atoms with E-state index >= 15 is 0 Å². The van der Waals surface area contributed by atoms with Crippen molar-refractivity contribution in [3.05, 3.63) is 204 Å². The molecule has 0 atom stereocenters. The van der Waals surface area contributed by atoms with Crippen LogP contribution in [0.5, 0.6) is 0 Å². The molecule has 10 aromatic rings. The summed E-state index contributed by atoms with van der Waals surface area (Å²) in [6, 6.07) is 65.5. The average Bonchev–Trinajstić information content (AvgIpc) is 3.84. The van der Waals surface area contributed by atoms with Crippen molar-refractivity contribution in [3.63, 3.8) is 0 Å². The molecule has 1 spiro atoms. The van der Waals surface area contributed by atoms with E-state index in [1.807, 2.05) is 6.07 Å². The number of rotatable bonds is 2. The molecular weight excluding hydrogens is 641 g/mol. The van der Waals surface area contributed by atoms with Gasteiger partial charge in [0.15, 0.2) is 0 Å². The molecule has 0 saturated heterocycles. The first-order valence-electron chi connectivity index (χ1n) is 18.5. The highest BCUT2D eigenvalue weighted by Crippen LogP contribution is 2.66. The van der Waals surface area contributed by atoms with Crippen LogP contribution < -0.4 is 0 Å². The number of hydrogen-bond acceptors (Lipinski definition) is 1. The minimum atomic E-state index is -0.463. The van der Waals surface area contributed by atoms with Crippen LogP contribution in [0.2, 0.25) is 0 Å². The van der Waals surface area contributed by atoms with Crippen LogP contribution >= 0.6 is 0 Å². The summed E-state index contributed by atoms with van der Waals surface area (Å²) < 4.78 is 2.24. The molecule has 2 aliphatic rings. The quantitative estimate of drug-likeness (QED) is 0.167. The summed E-state index contributed by atoms with van der Waals surface area (Å²) in [6.45, 7) is 2.08. The lowest BCUT2D eigenvalue weighted by atomic mass is 9.68. The Kier molecular flexibility index (Phi) is 5.67. The predicted molar refractivity (Wildman–Crippen MR) is 220 cm³/mol. The summed E-state index contributed by atoms with van der Waals surface area (Å²) in [5.41, 5.74) is 16.1. The van der Waals surface area contributed by atoms with Crippen LogP contribution in [0.4, 0.5) is 0 Å². The van der Waals surface area contributed by atoms with Gasteiger partial charge in [0.2, 0.25) is 0 Å². The van der Waals surface area contributed by atoms with Crippen molar-refractivity contribution >= 4 is 43.4 Å². The van der Waals surface area contributed by atoms with E-state index in [9.17, 15) is 0 Å². The summed E-state index contributed by atoms with van der Waals surface area (Å²) in [5, 5.41) is 7.82. The SMILES string of the molecule is Cc1nc2ccccc2n1-c1ccc(-c2ccc3c4c(ccc3c2)-c2c(c3ccccc3c3ccccc23)C42c3ccccc3-c3ccccc32)cc1. The maximum atomic E-state index is 4.80. The van der Waals surface area contributed by atoms with Gasteiger partial charge in [-0.2, -0.15) is 0 Å². The molecular formula is C51H32N2. The van der Waals surface area contributed by atoms with Gasteiger partial charge in [0.05, 0.1) is 16.4 Å². The molecule has 0 fully saturated rings. The van der Waals surface area contributed by atoms with Gasteiger partial charge >= 0.3 is 0 Å².